The summed E-state index contributed by atoms with van der Waals surface area (Å²) < 4.78 is 5.13. The Kier molecular flexibility index (Phi) is 6.19. The number of H-pyrrole nitrogens is 1. The smallest absolute Gasteiger partial charge is 0.328 e. The normalized spacial score (nSPS) is 30.2. The molecule has 208 valence electrons. The molecule has 3 aromatic rings. The summed E-state index contributed by atoms with van der Waals surface area (Å²) in [5.74, 6) is 1.12. The van der Waals surface area contributed by atoms with Crippen molar-refractivity contribution in [2.24, 2.45) is 17.8 Å². The summed E-state index contributed by atoms with van der Waals surface area (Å²) in [4.78, 5) is 44.7. The molecule has 4 aliphatic carbocycles. The molecule has 7 nitrogen and oxygen atoms in total. The number of fused-ring (bicyclic) bond motifs is 3. The van der Waals surface area contributed by atoms with Gasteiger partial charge in [0.25, 0.3) is 5.91 Å². The van der Waals surface area contributed by atoms with E-state index in [4.69, 9.17) is 16.3 Å². The first kappa shape index (κ1) is 25.6. The maximum atomic E-state index is 13.5. The van der Waals surface area contributed by atoms with E-state index >= 15 is 0 Å². The molecule has 2 amide bonds. The van der Waals surface area contributed by atoms with Crippen LogP contribution in [0.25, 0.3) is 10.9 Å². The molecule has 0 radical (unpaired) electrons. The third-order valence-corrected chi connectivity index (χ3v) is 10.1. The fourth-order valence-electron chi connectivity index (χ4n) is 8.73. The van der Waals surface area contributed by atoms with Crippen molar-refractivity contribution in [2.75, 3.05) is 13.0 Å². The van der Waals surface area contributed by atoms with Crippen molar-refractivity contribution >= 4 is 40.3 Å². The molecule has 4 bridgehead atoms. The highest BCUT2D eigenvalue weighted by Crippen LogP contribution is 2.55. The fraction of sp³-hybridized carbons (Fsp3) is 0.469. The number of hydrogen-bond donors (Lipinski definition) is 2. The molecule has 1 aromatic heterocycles. The van der Waals surface area contributed by atoms with Crippen LogP contribution in [0.15, 0.2) is 48.5 Å². The molecule has 1 aliphatic heterocycles. The number of para-hydroxylation sites is 1. The summed E-state index contributed by atoms with van der Waals surface area (Å²) in [6.07, 6.45) is 7.59. The standard InChI is InChI=1S/C32H34ClN3O4/c1-40-31(39)26-13-24-23-4-2-3-5-25(23)34-28(24)29(36(26)27(37)17-33)21-6-8-22(9-7-21)30(38)35-32-14-18-10-19(15-32)12-20(11-18)16-32/h2-9,18-20,26,29,34H,10-17H2,1H3,(H,35,38)/t18-,19+,20-,26-,29-,32-/m1/s1. The van der Waals surface area contributed by atoms with Gasteiger partial charge < -0.3 is 19.9 Å². The van der Waals surface area contributed by atoms with E-state index in [1.807, 2.05) is 48.5 Å². The van der Waals surface area contributed by atoms with Crippen molar-refractivity contribution in [3.63, 3.8) is 0 Å². The van der Waals surface area contributed by atoms with Crippen LogP contribution >= 0.6 is 11.6 Å². The number of aromatic nitrogens is 1. The maximum Gasteiger partial charge on any atom is 0.328 e. The van der Waals surface area contributed by atoms with Gasteiger partial charge in [0.1, 0.15) is 11.9 Å². The first-order valence-corrected chi connectivity index (χ1v) is 14.9. The Bertz CT molecular complexity index is 1460. The quantitative estimate of drug-likeness (QED) is 0.335. The van der Waals surface area contributed by atoms with Crippen LogP contribution in [0, 0.1) is 17.8 Å². The number of carbonyl (C=O) groups excluding carboxylic acids is 3. The number of ether oxygens (including phenoxy) is 1. The minimum Gasteiger partial charge on any atom is -0.467 e. The molecule has 2 aromatic carbocycles. The first-order valence-electron chi connectivity index (χ1n) is 14.3. The van der Waals surface area contributed by atoms with Gasteiger partial charge in [0, 0.05) is 34.1 Å². The van der Waals surface area contributed by atoms with Crippen molar-refractivity contribution in [3.8, 4) is 0 Å². The number of carbonyl (C=O) groups is 3. The third kappa shape index (κ3) is 4.12. The van der Waals surface area contributed by atoms with Gasteiger partial charge >= 0.3 is 5.97 Å². The summed E-state index contributed by atoms with van der Waals surface area (Å²) in [6, 6.07) is 14.0. The molecule has 8 heteroatoms. The Hall–Kier alpha value is -3.32. The number of aromatic amines is 1. The van der Waals surface area contributed by atoms with Gasteiger partial charge in [-0.3, -0.25) is 9.59 Å². The number of hydrogen-bond acceptors (Lipinski definition) is 4. The summed E-state index contributed by atoms with van der Waals surface area (Å²) >= 11 is 6.07. The van der Waals surface area contributed by atoms with Gasteiger partial charge in [0.05, 0.1) is 13.2 Å². The highest BCUT2D eigenvalue weighted by atomic mass is 35.5. The van der Waals surface area contributed by atoms with Gasteiger partial charge in [-0.2, -0.15) is 0 Å². The van der Waals surface area contributed by atoms with Crippen LogP contribution in [-0.2, 0) is 20.7 Å². The monoisotopic (exact) mass is 559 g/mol. The lowest BCUT2D eigenvalue weighted by atomic mass is 9.53. The Labute approximate surface area is 238 Å². The molecule has 4 saturated carbocycles. The van der Waals surface area contributed by atoms with Gasteiger partial charge in [-0.15, -0.1) is 11.6 Å². The zero-order valence-corrected chi connectivity index (χ0v) is 23.4. The largest absolute Gasteiger partial charge is 0.467 e. The molecular formula is C32H34ClN3O4. The Morgan fingerprint density at radius 2 is 1.65 bits per heavy atom. The van der Waals surface area contributed by atoms with Crippen molar-refractivity contribution in [3.05, 3.63) is 70.9 Å². The van der Waals surface area contributed by atoms with Crippen molar-refractivity contribution in [2.45, 2.75) is 62.6 Å². The number of amides is 2. The highest BCUT2D eigenvalue weighted by molar-refractivity contribution is 6.27. The zero-order valence-electron chi connectivity index (χ0n) is 22.6. The van der Waals surface area contributed by atoms with Crippen LogP contribution in [0.2, 0.25) is 0 Å². The molecule has 40 heavy (non-hydrogen) atoms. The predicted molar refractivity (Wildman–Crippen MR) is 152 cm³/mol. The van der Waals surface area contributed by atoms with E-state index < -0.39 is 18.1 Å². The summed E-state index contributed by atoms with van der Waals surface area (Å²) in [5.41, 5.74) is 4.11. The van der Waals surface area contributed by atoms with E-state index in [1.165, 1.54) is 26.4 Å². The second-order valence-electron chi connectivity index (χ2n) is 12.4. The molecule has 0 spiro atoms. The molecular weight excluding hydrogens is 526 g/mol. The van der Waals surface area contributed by atoms with E-state index in [1.54, 1.807) is 4.90 Å². The topological polar surface area (TPSA) is 91.5 Å². The molecule has 2 atom stereocenters. The number of alkyl halides is 1. The van der Waals surface area contributed by atoms with Crippen LogP contribution in [-0.4, -0.2) is 52.2 Å². The van der Waals surface area contributed by atoms with Gasteiger partial charge in [-0.25, -0.2) is 4.79 Å². The summed E-state index contributed by atoms with van der Waals surface area (Å²) in [6.45, 7) is 0. The van der Waals surface area contributed by atoms with Crippen molar-refractivity contribution in [1.82, 2.24) is 15.2 Å². The molecule has 0 unspecified atom stereocenters. The second-order valence-corrected chi connectivity index (χ2v) is 12.7. The average molecular weight is 560 g/mol. The van der Waals surface area contributed by atoms with Crippen LogP contribution in [0.5, 0.6) is 0 Å². The van der Waals surface area contributed by atoms with E-state index in [-0.39, 0.29) is 23.2 Å². The van der Waals surface area contributed by atoms with Crippen LogP contribution in [0.4, 0.5) is 0 Å². The lowest BCUT2D eigenvalue weighted by molar-refractivity contribution is -0.154. The number of benzene rings is 2. The highest BCUT2D eigenvalue weighted by Gasteiger charge is 2.51. The van der Waals surface area contributed by atoms with Crippen molar-refractivity contribution in [1.29, 1.82) is 0 Å². The second kappa shape index (κ2) is 9.65. The molecule has 2 heterocycles. The van der Waals surface area contributed by atoms with Gasteiger partial charge in [0.2, 0.25) is 5.91 Å². The number of halogens is 1. The van der Waals surface area contributed by atoms with Crippen LogP contribution in [0.1, 0.15) is 71.7 Å². The molecule has 8 rings (SSSR count). The molecule has 2 N–H and O–H groups in total. The lowest BCUT2D eigenvalue weighted by Crippen LogP contribution is -2.59. The van der Waals surface area contributed by atoms with Gasteiger partial charge in [0.15, 0.2) is 0 Å². The summed E-state index contributed by atoms with van der Waals surface area (Å²) in [7, 11) is 1.34. The minimum atomic E-state index is -0.813. The predicted octanol–water partition coefficient (Wildman–Crippen LogP) is 5.12. The number of methoxy groups -OCH3 is 1. The Morgan fingerprint density at radius 1 is 1.00 bits per heavy atom. The molecule has 0 saturated heterocycles. The van der Waals surface area contributed by atoms with E-state index in [9.17, 15) is 14.4 Å². The first-order chi connectivity index (χ1) is 19.4. The van der Waals surface area contributed by atoms with Crippen LogP contribution < -0.4 is 5.32 Å². The number of nitrogens with zero attached hydrogens (tertiary/aromatic N) is 1. The molecule has 5 aliphatic rings. The van der Waals surface area contributed by atoms with Crippen molar-refractivity contribution < 1.29 is 19.1 Å². The Balaban J connectivity index is 1.23. The number of esters is 1. The van der Waals surface area contributed by atoms with Crippen LogP contribution in [0.3, 0.4) is 0 Å². The van der Waals surface area contributed by atoms with Gasteiger partial charge in [-0.1, -0.05) is 30.3 Å². The molecule has 4 fully saturated rings. The SMILES string of the molecule is COC(=O)[C@H]1Cc2c([nH]c3ccccc23)[C@@H](c2ccc(C(=O)N[C@]34C[C@H]5C[C@H](C[C@H](C5)C3)C4)cc2)N1C(=O)CCl. The van der Waals surface area contributed by atoms with E-state index in [2.05, 4.69) is 10.3 Å². The number of nitrogens with one attached hydrogen (secondary N) is 2. The maximum absolute atomic E-state index is 13.5. The number of rotatable bonds is 5. The minimum absolute atomic E-state index is 0.0374. The lowest BCUT2D eigenvalue weighted by Gasteiger charge is -2.56. The fourth-order valence-corrected chi connectivity index (χ4v) is 8.86. The van der Waals surface area contributed by atoms with E-state index in [0.717, 1.165) is 64.7 Å². The zero-order chi connectivity index (χ0) is 27.6. The summed E-state index contributed by atoms with van der Waals surface area (Å²) in [5, 5.41) is 4.47. The average Bonchev–Trinajstić information content (AvgIpc) is 3.33. The van der Waals surface area contributed by atoms with Gasteiger partial charge in [-0.05, 0) is 85.6 Å². The van der Waals surface area contributed by atoms with E-state index in [0.29, 0.717) is 12.0 Å². The third-order valence-electron chi connectivity index (χ3n) is 9.91. The Morgan fingerprint density at radius 3 is 2.27 bits per heavy atom.